The molecular formula is C14H20N2O3. The lowest BCUT2D eigenvalue weighted by Gasteiger charge is -2.27. The van der Waals surface area contributed by atoms with Crippen molar-refractivity contribution in [2.75, 3.05) is 27.5 Å². The topological polar surface area (TPSA) is 57.0 Å². The fraction of sp³-hybridized carbons (Fsp3) is 0.571. The van der Waals surface area contributed by atoms with Crippen LogP contribution in [-0.4, -0.2) is 38.4 Å². The molecule has 0 aromatic heterocycles. The minimum absolute atomic E-state index is 0.191. The molecule has 3 rings (SSSR count). The predicted molar refractivity (Wildman–Crippen MR) is 71.7 cm³/mol. The maximum absolute atomic E-state index is 5.95. The third kappa shape index (κ3) is 2.24. The molecular weight excluding hydrogens is 244 g/mol. The van der Waals surface area contributed by atoms with E-state index in [0.29, 0.717) is 24.1 Å². The van der Waals surface area contributed by atoms with Crippen molar-refractivity contribution in [2.45, 2.75) is 24.9 Å². The average Bonchev–Trinajstić information content (AvgIpc) is 3.17. The number of hydrogen-bond donors (Lipinski definition) is 1. The molecule has 1 heterocycles. The summed E-state index contributed by atoms with van der Waals surface area (Å²) < 4.78 is 16.3. The first-order chi connectivity index (χ1) is 9.24. The Labute approximate surface area is 113 Å². The van der Waals surface area contributed by atoms with E-state index in [1.807, 2.05) is 12.1 Å². The van der Waals surface area contributed by atoms with E-state index < -0.39 is 0 Å². The number of hydrogen-bond acceptors (Lipinski definition) is 5. The summed E-state index contributed by atoms with van der Waals surface area (Å²) in [5.41, 5.74) is 7.08. The van der Waals surface area contributed by atoms with Crippen LogP contribution < -0.4 is 19.9 Å². The number of nitrogens with two attached hydrogens (primary N) is 1. The van der Waals surface area contributed by atoms with E-state index in [0.717, 1.165) is 11.3 Å². The third-order valence-electron chi connectivity index (χ3n) is 3.90. The largest absolute Gasteiger partial charge is 0.493 e. The second-order valence-electron chi connectivity index (χ2n) is 5.11. The normalized spacial score (nSPS) is 18.7. The van der Waals surface area contributed by atoms with Gasteiger partial charge in [-0.3, -0.25) is 4.90 Å². The first kappa shape index (κ1) is 12.6. The van der Waals surface area contributed by atoms with Gasteiger partial charge in [-0.05, 0) is 37.6 Å². The highest BCUT2D eigenvalue weighted by atomic mass is 16.7. The van der Waals surface area contributed by atoms with E-state index in [2.05, 4.69) is 11.9 Å². The van der Waals surface area contributed by atoms with Gasteiger partial charge in [0.25, 0.3) is 0 Å². The molecule has 1 unspecified atom stereocenters. The van der Waals surface area contributed by atoms with E-state index in [9.17, 15) is 0 Å². The van der Waals surface area contributed by atoms with E-state index in [4.69, 9.17) is 19.9 Å². The van der Waals surface area contributed by atoms with Crippen LogP contribution in [0.15, 0.2) is 12.1 Å². The molecule has 1 aliphatic heterocycles. The smallest absolute Gasteiger partial charge is 0.231 e. The summed E-state index contributed by atoms with van der Waals surface area (Å²) in [6, 6.07) is 4.87. The van der Waals surface area contributed by atoms with Crippen molar-refractivity contribution in [1.82, 2.24) is 4.90 Å². The van der Waals surface area contributed by atoms with Crippen molar-refractivity contribution < 1.29 is 14.2 Å². The van der Waals surface area contributed by atoms with Crippen LogP contribution in [0.3, 0.4) is 0 Å². The lowest BCUT2D eigenvalue weighted by Crippen LogP contribution is -2.32. The molecule has 0 saturated heterocycles. The molecule has 1 aliphatic carbocycles. The van der Waals surface area contributed by atoms with Crippen molar-refractivity contribution in [1.29, 1.82) is 0 Å². The predicted octanol–water partition coefficient (Wildman–Crippen LogP) is 1.52. The summed E-state index contributed by atoms with van der Waals surface area (Å²) in [6.07, 6.45) is 2.52. The van der Waals surface area contributed by atoms with E-state index in [1.165, 1.54) is 12.8 Å². The summed E-state index contributed by atoms with van der Waals surface area (Å²) in [5.74, 6) is 2.15. The lowest BCUT2D eigenvalue weighted by molar-refractivity contribution is 0.171. The third-order valence-corrected chi connectivity index (χ3v) is 3.90. The van der Waals surface area contributed by atoms with Crippen LogP contribution >= 0.6 is 0 Å². The standard InChI is InChI=1S/C14H20N2O3/c1-16(10-3-4-10)11(7-15)9-5-12(17-2)14-13(6-9)18-8-19-14/h5-6,10-11H,3-4,7-8,15H2,1-2H3. The molecule has 0 spiro atoms. The Bertz CT molecular complexity index is 474. The van der Waals surface area contributed by atoms with Gasteiger partial charge in [-0.2, -0.15) is 0 Å². The summed E-state index contributed by atoms with van der Waals surface area (Å²) in [7, 11) is 3.77. The molecule has 5 heteroatoms. The Kier molecular flexibility index (Phi) is 3.24. The molecule has 1 fully saturated rings. The molecule has 1 atom stereocenters. The van der Waals surface area contributed by atoms with Gasteiger partial charge in [0.2, 0.25) is 12.5 Å². The molecule has 104 valence electrons. The fourth-order valence-electron chi connectivity index (χ4n) is 2.62. The zero-order chi connectivity index (χ0) is 13.4. The lowest BCUT2D eigenvalue weighted by atomic mass is 10.0. The van der Waals surface area contributed by atoms with Crippen LogP contribution in [0.5, 0.6) is 17.2 Å². The number of ether oxygens (including phenoxy) is 3. The van der Waals surface area contributed by atoms with Gasteiger partial charge < -0.3 is 19.9 Å². The van der Waals surface area contributed by atoms with Gasteiger partial charge in [-0.1, -0.05) is 0 Å². The molecule has 5 nitrogen and oxygen atoms in total. The number of likely N-dealkylation sites (N-methyl/N-ethyl adjacent to an activating group) is 1. The summed E-state index contributed by atoms with van der Waals surface area (Å²) in [6.45, 7) is 0.830. The number of methoxy groups -OCH3 is 1. The zero-order valence-corrected chi connectivity index (χ0v) is 11.4. The Balaban J connectivity index is 1.94. The Morgan fingerprint density at radius 1 is 1.42 bits per heavy atom. The van der Waals surface area contributed by atoms with Crippen LogP contribution in [0.4, 0.5) is 0 Å². The van der Waals surface area contributed by atoms with Gasteiger partial charge in [0, 0.05) is 18.6 Å². The fourth-order valence-corrected chi connectivity index (χ4v) is 2.62. The highest BCUT2D eigenvalue weighted by Crippen LogP contribution is 2.44. The van der Waals surface area contributed by atoms with Crippen LogP contribution in [-0.2, 0) is 0 Å². The minimum atomic E-state index is 0.191. The van der Waals surface area contributed by atoms with Gasteiger partial charge in [-0.15, -0.1) is 0 Å². The Morgan fingerprint density at radius 2 is 2.21 bits per heavy atom. The van der Waals surface area contributed by atoms with Crippen LogP contribution in [0.1, 0.15) is 24.4 Å². The van der Waals surface area contributed by atoms with Crippen LogP contribution in [0, 0.1) is 0 Å². The molecule has 1 aromatic rings. The maximum Gasteiger partial charge on any atom is 0.231 e. The number of benzene rings is 1. The molecule has 0 amide bonds. The second-order valence-corrected chi connectivity index (χ2v) is 5.11. The van der Waals surface area contributed by atoms with Gasteiger partial charge in [0.15, 0.2) is 11.5 Å². The molecule has 2 N–H and O–H groups in total. The van der Waals surface area contributed by atoms with Crippen LogP contribution in [0.2, 0.25) is 0 Å². The summed E-state index contributed by atoms with van der Waals surface area (Å²) in [4.78, 5) is 2.34. The van der Waals surface area contributed by atoms with Crippen molar-refractivity contribution >= 4 is 0 Å². The number of nitrogens with zero attached hydrogens (tertiary/aromatic N) is 1. The van der Waals surface area contributed by atoms with Gasteiger partial charge in [0.1, 0.15) is 0 Å². The van der Waals surface area contributed by atoms with Crippen molar-refractivity contribution in [3.8, 4) is 17.2 Å². The first-order valence-corrected chi connectivity index (χ1v) is 6.64. The average molecular weight is 264 g/mol. The Morgan fingerprint density at radius 3 is 2.84 bits per heavy atom. The molecule has 19 heavy (non-hydrogen) atoms. The number of fused-ring (bicyclic) bond motifs is 1. The maximum atomic E-state index is 5.95. The van der Waals surface area contributed by atoms with E-state index >= 15 is 0 Å². The zero-order valence-electron chi connectivity index (χ0n) is 11.4. The minimum Gasteiger partial charge on any atom is -0.493 e. The molecule has 0 radical (unpaired) electrons. The molecule has 1 aromatic carbocycles. The van der Waals surface area contributed by atoms with Crippen molar-refractivity contribution in [3.05, 3.63) is 17.7 Å². The first-order valence-electron chi connectivity index (χ1n) is 6.64. The quantitative estimate of drug-likeness (QED) is 0.873. The highest BCUT2D eigenvalue weighted by molar-refractivity contribution is 5.55. The van der Waals surface area contributed by atoms with Crippen molar-refractivity contribution in [3.63, 3.8) is 0 Å². The van der Waals surface area contributed by atoms with Crippen LogP contribution in [0.25, 0.3) is 0 Å². The van der Waals surface area contributed by atoms with Gasteiger partial charge >= 0.3 is 0 Å². The van der Waals surface area contributed by atoms with E-state index in [-0.39, 0.29) is 12.8 Å². The molecule has 0 bridgehead atoms. The second kappa shape index (κ2) is 4.90. The van der Waals surface area contributed by atoms with Crippen molar-refractivity contribution in [2.24, 2.45) is 5.73 Å². The summed E-state index contributed by atoms with van der Waals surface area (Å²) in [5, 5.41) is 0. The van der Waals surface area contributed by atoms with Gasteiger partial charge in [0.05, 0.1) is 7.11 Å². The number of rotatable bonds is 5. The Hall–Kier alpha value is -1.46. The monoisotopic (exact) mass is 264 g/mol. The van der Waals surface area contributed by atoms with E-state index in [1.54, 1.807) is 7.11 Å². The van der Waals surface area contributed by atoms with Gasteiger partial charge in [-0.25, -0.2) is 0 Å². The highest BCUT2D eigenvalue weighted by Gasteiger charge is 2.32. The summed E-state index contributed by atoms with van der Waals surface area (Å²) >= 11 is 0. The molecule has 2 aliphatic rings. The molecule has 1 saturated carbocycles. The SMILES string of the molecule is COc1cc(C(CN)N(C)C2CC2)cc2c1OCO2.